The number of phenolic OH excluding ortho intramolecular Hbond substituents is 2. The van der Waals surface area contributed by atoms with Gasteiger partial charge in [0, 0.05) is 4.90 Å². The summed E-state index contributed by atoms with van der Waals surface area (Å²) in [5, 5.41) is 21.0. The average Bonchev–Trinajstić information content (AvgIpc) is 3.07. The monoisotopic (exact) mass is 387 g/mol. The summed E-state index contributed by atoms with van der Waals surface area (Å²) in [5.74, 6) is 0.479. The fourth-order valence-corrected chi connectivity index (χ4v) is 4.86. The van der Waals surface area contributed by atoms with Gasteiger partial charge < -0.3 is 10.2 Å². The van der Waals surface area contributed by atoms with Gasteiger partial charge >= 0.3 is 0 Å². The standard InChI is InChI=1S/C21H25NO2S2/c1-4-8-21(3,5-2)12-14-9-18(24)20(11-17(14)23)26-15-6-7-19-16(10-15)22-13-25-19/h6-7,9-11,13,23-24H,4-5,8,12H2,1-3H3. The van der Waals surface area contributed by atoms with Crippen LogP contribution < -0.4 is 0 Å². The lowest BCUT2D eigenvalue weighted by atomic mass is 9.77. The molecule has 0 bridgehead atoms. The zero-order valence-electron chi connectivity index (χ0n) is 15.5. The second kappa shape index (κ2) is 7.89. The molecular formula is C21H25NO2S2. The normalized spacial score (nSPS) is 13.8. The largest absolute Gasteiger partial charge is 0.508 e. The van der Waals surface area contributed by atoms with E-state index in [9.17, 15) is 10.2 Å². The molecule has 3 rings (SSSR count). The SMILES string of the molecule is CCCC(C)(CC)Cc1cc(O)c(Sc2ccc3scnc3c2)cc1O. The van der Waals surface area contributed by atoms with Gasteiger partial charge in [0.25, 0.3) is 0 Å². The molecule has 0 fully saturated rings. The van der Waals surface area contributed by atoms with Crippen LogP contribution in [0.15, 0.2) is 45.6 Å². The summed E-state index contributed by atoms with van der Waals surface area (Å²) in [4.78, 5) is 5.99. The molecule has 0 aliphatic heterocycles. The van der Waals surface area contributed by atoms with Crippen molar-refractivity contribution in [3.63, 3.8) is 0 Å². The number of aromatic hydroxyl groups is 2. The van der Waals surface area contributed by atoms with E-state index >= 15 is 0 Å². The molecule has 3 aromatic rings. The minimum absolute atomic E-state index is 0.142. The van der Waals surface area contributed by atoms with Gasteiger partial charge in [0.2, 0.25) is 0 Å². The minimum Gasteiger partial charge on any atom is -0.508 e. The molecule has 2 aromatic carbocycles. The van der Waals surface area contributed by atoms with Gasteiger partial charge in [-0.3, -0.25) is 0 Å². The van der Waals surface area contributed by atoms with Gasteiger partial charge in [-0.25, -0.2) is 4.98 Å². The molecule has 26 heavy (non-hydrogen) atoms. The second-order valence-corrected chi connectivity index (χ2v) is 9.13. The van der Waals surface area contributed by atoms with E-state index in [0.29, 0.717) is 4.90 Å². The molecule has 1 unspecified atom stereocenters. The molecule has 0 aliphatic rings. The van der Waals surface area contributed by atoms with Gasteiger partial charge in [-0.2, -0.15) is 0 Å². The third-order valence-corrected chi connectivity index (χ3v) is 6.86. The van der Waals surface area contributed by atoms with Crippen molar-refractivity contribution in [3.8, 4) is 11.5 Å². The summed E-state index contributed by atoms with van der Waals surface area (Å²) < 4.78 is 1.14. The van der Waals surface area contributed by atoms with E-state index < -0.39 is 0 Å². The van der Waals surface area contributed by atoms with Crippen molar-refractivity contribution in [2.45, 2.75) is 56.2 Å². The van der Waals surface area contributed by atoms with Crippen molar-refractivity contribution in [2.24, 2.45) is 5.41 Å². The van der Waals surface area contributed by atoms with Crippen LogP contribution in [0.2, 0.25) is 0 Å². The van der Waals surface area contributed by atoms with E-state index in [1.165, 1.54) is 11.8 Å². The molecule has 5 heteroatoms. The Labute approximate surface area is 163 Å². The molecule has 1 aromatic heterocycles. The summed E-state index contributed by atoms with van der Waals surface area (Å²) in [7, 11) is 0. The highest BCUT2D eigenvalue weighted by atomic mass is 32.2. The fraction of sp³-hybridized carbons (Fsp3) is 0.381. The zero-order valence-corrected chi connectivity index (χ0v) is 17.1. The Balaban J connectivity index is 1.84. The highest BCUT2D eigenvalue weighted by Gasteiger charge is 2.24. The molecule has 0 spiro atoms. The quantitative estimate of drug-likeness (QED) is 0.447. The summed E-state index contributed by atoms with van der Waals surface area (Å²) >= 11 is 3.06. The topological polar surface area (TPSA) is 53.4 Å². The first-order valence-electron chi connectivity index (χ1n) is 9.00. The Bertz CT molecular complexity index is 906. The summed E-state index contributed by atoms with van der Waals surface area (Å²) in [6.45, 7) is 6.62. The minimum atomic E-state index is 0.142. The highest BCUT2D eigenvalue weighted by molar-refractivity contribution is 7.99. The number of rotatable bonds is 7. The number of hydrogen-bond donors (Lipinski definition) is 2. The first-order chi connectivity index (χ1) is 12.4. The van der Waals surface area contributed by atoms with Crippen LogP contribution in [-0.2, 0) is 6.42 Å². The number of phenols is 2. The van der Waals surface area contributed by atoms with Gasteiger partial charge in [0.15, 0.2) is 0 Å². The molecule has 0 radical (unpaired) electrons. The highest BCUT2D eigenvalue weighted by Crippen LogP contribution is 2.42. The average molecular weight is 388 g/mol. The van der Waals surface area contributed by atoms with E-state index in [1.54, 1.807) is 23.5 Å². The molecule has 138 valence electrons. The summed E-state index contributed by atoms with van der Waals surface area (Å²) in [6.07, 6.45) is 4.04. The second-order valence-electron chi connectivity index (χ2n) is 7.12. The number of aromatic nitrogens is 1. The predicted octanol–water partition coefficient (Wildman–Crippen LogP) is 6.62. The molecule has 0 saturated heterocycles. The zero-order chi connectivity index (χ0) is 18.7. The van der Waals surface area contributed by atoms with Crippen LogP contribution in [0.25, 0.3) is 10.2 Å². The summed E-state index contributed by atoms with van der Waals surface area (Å²) in [6, 6.07) is 9.48. The van der Waals surface area contributed by atoms with Gasteiger partial charge in [-0.1, -0.05) is 45.4 Å². The number of thiazole rings is 1. The van der Waals surface area contributed by atoms with E-state index in [4.69, 9.17) is 0 Å². The van der Waals surface area contributed by atoms with Gasteiger partial charge in [0.05, 0.1) is 20.6 Å². The Morgan fingerprint density at radius 2 is 1.92 bits per heavy atom. The van der Waals surface area contributed by atoms with Crippen molar-refractivity contribution < 1.29 is 10.2 Å². The molecule has 0 amide bonds. The molecule has 3 nitrogen and oxygen atoms in total. The van der Waals surface area contributed by atoms with Gasteiger partial charge in [0.1, 0.15) is 11.5 Å². The van der Waals surface area contributed by atoms with Crippen LogP contribution in [-0.4, -0.2) is 15.2 Å². The smallest absolute Gasteiger partial charge is 0.130 e. The van der Waals surface area contributed by atoms with Crippen molar-refractivity contribution >= 4 is 33.3 Å². The van der Waals surface area contributed by atoms with Crippen LogP contribution in [0, 0.1) is 5.41 Å². The van der Waals surface area contributed by atoms with E-state index in [-0.39, 0.29) is 16.9 Å². The van der Waals surface area contributed by atoms with Crippen LogP contribution >= 0.6 is 23.1 Å². The fourth-order valence-electron chi connectivity index (χ4n) is 3.31. The first kappa shape index (κ1) is 19.1. The van der Waals surface area contributed by atoms with Crippen LogP contribution in [0.3, 0.4) is 0 Å². The van der Waals surface area contributed by atoms with Crippen molar-refractivity contribution in [3.05, 3.63) is 41.4 Å². The number of benzene rings is 2. The Morgan fingerprint density at radius 3 is 2.65 bits per heavy atom. The molecule has 1 atom stereocenters. The lowest BCUT2D eigenvalue weighted by Gasteiger charge is -2.28. The molecule has 0 aliphatic carbocycles. The maximum Gasteiger partial charge on any atom is 0.130 e. The van der Waals surface area contributed by atoms with Crippen molar-refractivity contribution in [1.82, 2.24) is 4.98 Å². The molecule has 2 N–H and O–H groups in total. The van der Waals surface area contributed by atoms with Gasteiger partial charge in [-0.05, 0) is 54.2 Å². The molecule has 0 saturated carbocycles. The van der Waals surface area contributed by atoms with E-state index in [1.807, 2.05) is 23.7 Å². The lowest BCUT2D eigenvalue weighted by Crippen LogP contribution is -2.18. The Hall–Kier alpha value is -1.72. The Morgan fingerprint density at radius 1 is 1.12 bits per heavy atom. The number of nitrogens with zero attached hydrogens (tertiary/aromatic N) is 1. The third kappa shape index (κ3) is 4.15. The Kier molecular flexibility index (Phi) is 5.78. The predicted molar refractivity (Wildman–Crippen MR) is 111 cm³/mol. The van der Waals surface area contributed by atoms with Crippen molar-refractivity contribution in [1.29, 1.82) is 0 Å². The van der Waals surface area contributed by atoms with Gasteiger partial charge in [-0.15, -0.1) is 11.3 Å². The third-order valence-electron chi connectivity index (χ3n) is 5.01. The maximum absolute atomic E-state index is 10.5. The van der Waals surface area contributed by atoms with Crippen LogP contribution in [0.4, 0.5) is 0 Å². The maximum atomic E-state index is 10.5. The first-order valence-corrected chi connectivity index (χ1v) is 10.7. The van der Waals surface area contributed by atoms with Crippen LogP contribution in [0.5, 0.6) is 11.5 Å². The number of hydrogen-bond acceptors (Lipinski definition) is 5. The molecule has 1 heterocycles. The van der Waals surface area contributed by atoms with E-state index in [0.717, 1.165) is 46.4 Å². The number of fused-ring (bicyclic) bond motifs is 1. The summed E-state index contributed by atoms with van der Waals surface area (Å²) in [5.41, 5.74) is 3.75. The van der Waals surface area contributed by atoms with Crippen molar-refractivity contribution in [2.75, 3.05) is 0 Å². The van der Waals surface area contributed by atoms with E-state index in [2.05, 4.69) is 25.8 Å². The van der Waals surface area contributed by atoms with Crippen LogP contribution in [0.1, 0.15) is 45.6 Å². The molecular weight excluding hydrogens is 362 g/mol. The lowest BCUT2D eigenvalue weighted by molar-refractivity contribution is 0.275.